The molecule has 2 aromatic carbocycles. The molecule has 1 aliphatic heterocycles. The molecule has 1 N–H and O–H groups in total. The predicted octanol–water partition coefficient (Wildman–Crippen LogP) is 3.79. The number of carbonyl (C=O) groups is 1. The summed E-state index contributed by atoms with van der Waals surface area (Å²) >= 11 is 1.56. The molecule has 0 spiro atoms. The van der Waals surface area contributed by atoms with Crippen LogP contribution in [0.15, 0.2) is 47.4 Å². The third kappa shape index (κ3) is 5.02. The van der Waals surface area contributed by atoms with Crippen LogP contribution < -0.4 is 10.2 Å². The van der Waals surface area contributed by atoms with Gasteiger partial charge in [0, 0.05) is 42.4 Å². The fourth-order valence-electron chi connectivity index (χ4n) is 3.02. The number of nitrogens with one attached hydrogen (secondary N) is 1. The van der Waals surface area contributed by atoms with Gasteiger partial charge in [-0.2, -0.15) is 0 Å². The Balaban J connectivity index is 1.55. The van der Waals surface area contributed by atoms with Gasteiger partial charge in [0.15, 0.2) is 0 Å². The molecule has 1 aliphatic rings. The molecule has 1 saturated heterocycles. The van der Waals surface area contributed by atoms with Gasteiger partial charge in [-0.05, 0) is 56.8 Å². The fourth-order valence-corrected chi connectivity index (χ4v) is 3.72. The highest BCUT2D eigenvalue weighted by Crippen LogP contribution is 2.24. The summed E-state index contributed by atoms with van der Waals surface area (Å²) in [5.74, 6) is 0.453. The van der Waals surface area contributed by atoms with Crippen molar-refractivity contribution in [3.05, 3.63) is 53.6 Å². The van der Waals surface area contributed by atoms with E-state index in [9.17, 15) is 4.79 Å². The molecule has 138 valence electrons. The number of hydrogen-bond acceptors (Lipinski definition) is 4. The zero-order valence-electron chi connectivity index (χ0n) is 15.8. The zero-order valence-corrected chi connectivity index (χ0v) is 16.6. The van der Waals surface area contributed by atoms with E-state index in [4.69, 9.17) is 0 Å². The van der Waals surface area contributed by atoms with E-state index in [0.29, 0.717) is 5.75 Å². The van der Waals surface area contributed by atoms with E-state index in [-0.39, 0.29) is 5.91 Å². The Morgan fingerprint density at radius 3 is 2.38 bits per heavy atom. The minimum absolute atomic E-state index is 0.0334. The smallest absolute Gasteiger partial charge is 0.234 e. The Morgan fingerprint density at radius 2 is 1.73 bits per heavy atom. The molecule has 26 heavy (non-hydrogen) atoms. The summed E-state index contributed by atoms with van der Waals surface area (Å²) in [6.07, 6.45) is 0. The van der Waals surface area contributed by atoms with Crippen LogP contribution in [0.1, 0.15) is 11.1 Å². The van der Waals surface area contributed by atoms with Crippen molar-refractivity contribution in [2.24, 2.45) is 0 Å². The second kappa shape index (κ2) is 8.60. The lowest BCUT2D eigenvalue weighted by atomic mass is 10.1. The highest BCUT2D eigenvalue weighted by atomic mass is 32.2. The molecule has 0 aliphatic carbocycles. The molecule has 0 saturated carbocycles. The standard InChI is InChI=1S/C21H27N3OS/c1-16-4-7-19(8-5-16)26-15-21(25)22-20-9-6-18(14-17(20)2)24-12-10-23(3)11-13-24/h4-9,14H,10-13,15H2,1-3H3,(H,22,25). The Bertz CT molecular complexity index is 752. The second-order valence-electron chi connectivity index (χ2n) is 6.94. The van der Waals surface area contributed by atoms with Crippen LogP contribution in [0.25, 0.3) is 0 Å². The molecule has 1 amide bonds. The maximum absolute atomic E-state index is 12.3. The first-order valence-corrected chi connectivity index (χ1v) is 10.0. The number of rotatable bonds is 5. The summed E-state index contributed by atoms with van der Waals surface area (Å²) in [7, 11) is 2.16. The topological polar surface area (TPSA) is 35.6 Å². The van der Waals surface area contributed by atoms with Crippen LogP contribution in [0.4, 0.5) is 11.4 Å². The number of thioether (sulfide) groups is 1. The van der Waals surface area contributed by atoms with Crippen LogP contribution >= 0.6 is 11.8 Å². The SMILES string of the molecule is Cc1ccc(SCC(=O)Nc2ccc(N3CCN(C)CC3)cc2C)cc1. The van der Waals surface area contributed by atoms with E-state index in [2.05, 4.69) is 72.4 Å². The first-order chi connectivity index (χ1) is 12.5. The normalized spacial score (nSPS) is 15.1. The molecular formula is C21H27N3OS. The molecule has 0 unspecified atom stereocenters. The first kappa shape index (κ1) is 18.8. The van der Waals surface area contributed by atoms with Crippen LogP contribution in [0.2, 0.25) is 0 Å². The molecular weight excluding hydrogens is 342 g/mol. The lowest BCUT2D eigenvalue weighted by molar-refractivity contribution is -0.113. The average molecular weight is 370 g/mol. The number of aryl methyl sites for hydroxylation is 2. The summed E-state index contributed by atoms with van der Waals surface area (Å²) in [5, 5.41) is 3.04. The van der Waals surface area contributed by atoms with E-state index in [1.807, 2.05) is 6.07 Å². The van der Waals surface area contributed by atoms with Gasteiger partial charge in [-0.1, -0.05) is 17.7 Å². The number of hydrogen-bond donors (Lipinski definition) is 1. The average Bonchev–Trinajstić information content (AvgIpc) is 2.63. The largest absolute Gasteiger partial charge is 0.369 e. The molecule has 3 rings (SSSR count). The molecule has 2 aromatic rings. The van der Waals surface area contributed by atoms with Crippen LogP contribution in [0, 0.1) is 13.8 Å². The second-order valence-corrected chi connectivity index (χ2v) is 7.99. The molecule has 1 fully saturated rings. The van der Waals surface area contributed by atoms with Gasteiger partial charge >= 0.3 is 0 Å². The summed E-state index contributed by atoms with van der Waals surface area (Å²) in [5.41, 5.74) is 4.48. The van der Waals surface area contributed by atoms with Gasteiger partial charge < -0.3 is 15.1 Å². The van der Waals surface area contributed by atoms with Gasteiger partial charge in [0.2, 0.25) is 5.91 Å². The van der Waals surface area contributed by atoms with E-state index < -0.39 is 0 Å². The van der Waals surface area contributed by atoms with Crippen molar-refractivity contribution in [1.82, 2.24) is 4.90 Å². The maximum atomic E-state index is 12.3. The van der Waals surface area contributed by atoms with Crippen molar-refractivity contribution in [3.8, 4) is 0 Å². The quantitative estimate of drug-likeness (QED) is 0.814. The van der Waals surface area contributed by atoms with Gasteiger partial charge in [-0.3, -0.25) is 4.79 Å². The Morgan fingerprint density at radius 1 is 1.04 bits per heavy atom. The molecule has 0 radical (unpaired) electrons. The number of piperazine rings is 1. The lowest BCUT2D eigenvalue weighted by Crippen LogP contribution is -2.44. The lowest BCUT2D eigenvalue weighted by Gasteiger charge is -2.34. The molecule has 0 aromatic heterocycles. The molecule has 0 bridgehead atoms. The van der Waals surface area contributed by atoms with Crippen molar-refractivity contribution >= 4 is 29.0 Å². The zero-order chi connectivity index (χ0) is 18.5. The van der Waals surface area contributed by atoms with Crippen LogP contribution in [-0.2, 0) is 4.79 Å². The van der Waals surface area contributed by atoms with Gasteiger partial charge in [0.1, 0.15) is 0 Å². The maximum Gasteiger partial charge on any atom is 0.234 e. The number of benzene rings is 2. The summed E-state index contributed by atoms with van der Waals surface area (Å²) in [4.78, 5) is 18.2. The Labute approximate surface area is 160 Å². The van der Waals surface area contributed by atoms with Crippen molar-refractivity contribution in [3.63, 3.8) is 0 Å². The van der Waals surface area contributed by atoms with Crippen molar-refractivity contribution in [1.29, 1.82) is 0 Å². The minimum Gasteiger partial charge on any atom is -0.369 e. The number of nitrogens with zero attached hydrogens (tertiary/aromatic N) is 2. The predicted molar refractivity (Wildman–Crippen MR) is 111 cm³/mol. The number of likely N-dealkylation sites (N-methyl/N-ethyl adjacent to an activating group) is 1. The first-order valence-electron chi connectivity index (χ1n) is 9.05. The summed E-state index contributed by atoms with van der Waals surface area (Å²) < 4.78 is 0. The Kier molecular flexibility index (Phi) is 6.22. The molecule has 1 heterocycles. The molecule has 4 nitrogen and oxygen atoms in total. The van der Waals surface area contributed by atoms with E-state index in [1.165, 1.54) is 11.3 Å². The highest BCUT2D eigenvalue weighted by Gasteiger charge is 2.15. The van der Waals surface area contributed by atoms with Crippen molar-refractivity contribution < 1.29 is 4.79 Å². The number of amides is 1. The summed E-state index contributed by atoms with van der Waals surface area (Å²) in [6, 6.07) is 14.6. The van der Waals surface area contributed by atoms with E-state index in [0.717, 1.165) is 42.3 Å². The van der Waals surface area contributed by atoms with E-state index >= 15 is 0 Å². The van der Waals surface area contributed by atoms with Crippen molar-refractivity contribution in [2.45, 2.75) is 18.7 Å². The fraction of sp³-hybridized carbons (Fsp3) is 0.381. The monoisotopic (exact) mass is 369 g/mol. The van der Waals surface area contributed by atoms with Gasteiger partial charge in [-0.15, -0.1) is 11.8 Å². The highest BCUT2D eigenvalue weighted by molar-refractivity contribution is 8.00. The summed E-state index contributed by atoms with van der Waals surface area (Å²) in [6.45, 7) is 8.41. The third-order valence-electron chi connectivity index (χ3n) is 4.74. The Hall–Kier alpha value is -1.98. The van der Waals surface area contributed by atoms with Gasteiger partial charge in [-0.25, -0.2) is 0 Å². The van der Waals surface area contributed by atoms with Crippen LogP contribution in [0.5, 0.6) is 0 Å². The molecule has 5 heteroatoms. The van der Waals surface area contributed by atoms with Gasteiger partial charge in [0.25, 0.3) is 0 Å². The molecule has 0 atom stereocenters. The number of anilines is 2. The van der Waals surface area contributed by atoms with E-state index in [1.54, 1.807) is 11.8 Å². The third-order valence-corrected chi connectivity index (χ3v) is 5.76. The van der Waals surface area contributed by atoms with Crippen LogP contribution in [0.3, 0.4) is 0 Å². The van der Waals surface area contributed by atoms with Crippen molar-refractivity contribution in [2.75, 3.05) is 49.2 Å². The number of carbonyl (C=O) groups excluding carboxylic acids is 1. The van der Waals surface area contributed by atoms with Gasteiger partial charge in [0.05, 0.1) is 5.75 Å². The minimum atomic E-state index is 0.0334. The van der Waals surface area contributed by atoms with Crippen LogP contribution in [-0.4, -0.2) is 49.8 Å².